The summed E-state index contributed by atoms with van der Waals surface area (Å²) in [6.07, 6.45) is 1.66. The van der Waals surface area contributed by atoms with E-state index < -0.39 is 4.92 Å². The lowest BCUT2D eigenvalue weighted by molar-refractivity contribution is -0.384. The lowest BCUT2D eigenvalue weighted by Crippen LogP contribution is -2.31. The Morgan fingerprint density at radius 2 is 2.33 bits per heavy atom. The van der Waals surface area contributed by atoms with E-state index in [1.807, 2.05) is 23.7 Å². The average molecular weight is 266 g/mol. The predicted octanol–water partition coefficient (Wildman–Crippen LogP) is 2.35. The number of nitrogens with zero attached hydrogens (tertiary/aromatic N) is 2. The molecule has 1 fully saturated rings. The van der Waals surface area contributed by atoms with Crippen molar-refractivity contribution in [1.82, 2.24) is 0 Å². The zero-order chi connectivity index (χ0) is 13.1. The number of carbonyl (C=O) groups excluding carboxylic acids is 1. The number of nitro groups is 1. The number of aldehydes is 1. The van der Waals surface area contributed by atoms with Crippen LogP contribution in [-0.2, 0) is 0 Å². The summed E-state index contributed by atoms with van der Waals surface area (Å²) >= 11 is 1.86. The predicted molar refractivity (Wildman–Crippen MR) is 72.6 cm³/mol. The molecule has 1 atom stereocenters. The number of rotatable bonds is 4. The summed E-state index contributed by atoms with van der Waals surface area (Å²) in [5, 5.41) is 11.1. The third-order valence-corrected chi connectivity index (χ3v) is 4.31. The first-order valence-electron chi connectivity index (χ1n) is 5.67. The molecule has 1 unspecified atom stereocenters. The number of anilines is 1. The fraction of sp³-hybridized carbons (Fsp3) is 0.417. The van der Waals surface area contributed by atoms with Crippen molar-refractivity contribution in [2.24, 2.45) is 0 Å². The number of thioether (sulfide) groups is 1. The summed E-state index contributed by atoms with van der Waals surface area (Å²) in [6, 6.07) is 4.94. The Morgan fingerprint density at radius 3 is 2.89 bits per heavy atom. The van der Waals surface area contributed by atoms with Crippen molar-refractivity contribution in [2.45, 2.75) is 12.5 Å². The van der Waals surface area contributed by atoms with E-state index in [-0.39, 0.29) is 5.69 Å². The molecule has 96 valence electrons. The van der Waals surface area contributed by atoms with E-state index in [0.717, 1.165) is 17.9 Å². The summed E-state index contributed by atoms with van der Waals surface area (Å²) in [4.78, 5) is 23.3. The van der Waals surface area contributed by atoms with E-state index in [4.69, 9.17) is 0 Å². The minimum absolute atomic E-state index is 0.000926. The van der Waals surface area contributed by atoms with Gasteiger partial charge in [-0.2, -0.15) is 11.8 Å². The molecule has 1 aliphatic rings. The summed E-state index contributed by atoms with van der Waals surface area (Å²) in [5.74, 6) is 2.08. The maximum absolute atomic E-state index is 11.1. The molecule has 1 aliphatic heterocycles. The first-order valence-corrected chi connectivity index (χ1v) is 6.83. The van der Waals surface area contributed by atoms with Gasteiger partial charge in [0.15, 0.2) is 0 Å². The minimum Gasteiger partial charge on any atom is -0.365 e. The molecule has 2 rings (SSSR count). The number of hydrogen-bond donors (Lipinski definition) is 0. The molecule has 6 heteroatoms. The quantitative estimate of drug-likeness (QED) is 0.475. The van der Waals surface area contributed by atoms with Crippen molar-refractivity contribution in [3.63, 3.8) is 0 Å². The van der Waals surface area contributed by atoms with Gasteiger partial charge in [-0.1, -0.05) is 0 Å². The summed E-state index contributed by atoms with van der Waals surface area (Å²) < 4.78 is 0. The monoisotopic (exact) mass is 266 g/mol. The summed E-state index contributed by atoms with van der Waals surface area (Å²) in [7, 11) is 1.87. The second kappa shape index (κ2) is 5.39. The fourth-order valence-electron chi connectivity index (χ4n) is 2.08. The Kier molecular flexibility index (Phi) is 3.86. The molecule has 18 heavy (non-hydrogen) atoms. The van der Waals surface area contributed by atoms with Gasteiger partial charge in [0.05, 0.1) is 4.92 Å². The molecule has 0 N–H and O–H groups in total. The van der Waals surface area contributed by atoms with Crippen LogP contribution < -0.4 is 4.90 Å². The summed E-state index contributed by atoms with van der Waals surface area (Å²) in [5.41, 5.74) is 0.914. The van der Waals surface area contributed by atoms with E-state index in [0.29, 0.717) is 23.6 Å². The molecule has 0 aromatic heterocycles. The SMILES string of the molecule is CN(c1ccc(C=O)cc1[N+](=O)[O-])C1CCSC1. The van der Waals surface area contributed by atoms with Crippen molar-refractivity contribution in [1.29, 1.82) is 0 Å². The first kappa shape index (κ1) is 12.9. The molecule has 0 aliphatic carbocycles. The highest BCUT2D eigenvalue weighted by Crippen LogP contribution is 2.32. The van der Waals surface area contributed by atoms with Crippen LogP contribution in [-0.4, -0.2) is 35.8 Å². The zero-order valence-corrected chi connectivity index (χ0v) is 10.9. The van der Waals surface area contributed by atoms with Crippen LogP contribution in [0.2, 0.25) is 0 Å². The van der Waals surface area contributed by atoms with Crippen molar-refractivity contribution >= 4 is 29.4 Å². The number of benzene rings is 1. The topological polar surface area (TPSA) is 63.5 Å². The van der Waals surface area contributed by atoms with Crippen molar-refractivity contribution in [2.75, 3.05) is 23.5 Å². The van der Waals surface area contributed by atoms with E-state index >= 15 is 0 Å². The van der Waals surface area contributed by atoms with E-state index in [2.05, 4.69) is 0 Å². The number of carbonyl (C=O) groups is 1. The maximum atomic E-state index is 11.1. The van der Waals surface area contributed by atoms with E-state index in [9.17, 15) is 14.9 Å². The lowest BCUT2D eigenvalue weighted by atomic mass is 10.1. The molecule has 5 nitrogen and oxygen atoms in total. The van der Waals surface area contributed by atoms with Gasteiger partial charge < -0.3 is 4.90 Å². The average Bonchev–Trinajstić information content (AvgIpc) is 2.91. The standard InChI is InChI=1S/C12H14N2O3S/c1-13(10-4-5-18-8-10)11-3-2-9(7-15)6-12(11)14(16)17/h2-3,6-7,10H,4-5,8H2,1H3. The van der Waals surface area contributed by atoms with Crippen molar-refractivity contribution in [3.05, 3.63) is 33.9 Å². The third-order valence-electron chi connectivity index (χ3n) is 3.17. The normalized spacial score (nSPS) is 18.6. The molecular formula is C12H14N2O3S. The fourth-order valence-corrected chi connectivity index (χ4v) is 3.35. The third kappa shape index (κ3) is 2.48. The zero-order valence-electron chi connectivity index (χ0n) is 10.0. The molecular weight excluding hydrogens is 252 g/mol. The van der Waals surface area contributed by atoms with Gasteiger partial charge >= 0.3 is 0 Å². The highest BCUT2D eigenvalue weighted by atomic mass is 32.2. The summed E-state index contributed by atoms with van der Waals surface area (Å²) in [6.45, 7) is 0. The lowest BCUT2D eigenvalue weighted by Gasteiger charge is -2.25. The largest absolute Gasteiger partial charge is 0.365 e. The molecule has 0 saturated carbocycles. The van der Waals surface area contributed by atoms with Gasteiger partial charge in [0, 0.05) is 30.5 Å². The van der Waals surface area contributed by atoms with Gasteiger partial charge in [0.25, 0.3) is 5.69 Å². The molecule has 0 bridgehead atoms. The van der Waals surface area contributed by atoms with Gasteiger partial charge in [0.2, 0.25) is 0 Å². The van der Waals surface area contributed by atoms with Gasteiger partial charge in [-0.15, -0.1) is 0 Å². The van der Waals surface area contributed by atoms with E-state index in [1.165, 1.54) is 6.07 Å². The van der Waals surface area contributed by atoms with Crippen LogP contribution in [0.15, 0.2) is 18.2 Å². The maximum Gasteiger partial charge on any atom is 0.293 e. The minimum atomic E-state index is -0.430. The molecule has 0 spiro atoms. The van der Waals surface area contributed by atoms with Crippen LogP contribution in [0.1, 0.15) is 16.8 Å². The van der Waals surface area contributed by atoms with Crippen LogP contribution in [0.3, 0.4) is 0 Å². The Labute approximate surface area is 109 Å². The number of hydrogen-bond acceptors (Lipinski definition) is 5. The smallest absolute Gasteiger partial charge is 0.293 e. The highest BCUT2D eigenvalue weighted by Gasteiger charge is 2.25. The Bertz CT molecular complexity index is 472. The first-order chi connectivity index (χ1) is 8.63. The molecule has 1 heterocycles. The second-order valence-corrected chi connectivity index (χ2v) is 5.40. The van der Waals surface area contributed by atoms with Crippen LogP contribution in [0.5, 0.6) is 0 Å². The van der Waals surface area contributed by atoms with Gasteiger partial charge in [-0.05, 0) is 24.3 Å². The van der Waals surface area contributed by atoms with Crippen molar-refractivity contribution in [3.8, 4) is 0 Å². The van der Waals surface area contributed by atoms with Crippen molar-refractivity contribution < 1.29 is 9.72 Å². The van der Waals surface area contributed by atoms with E-state index in [1.54, 1.807) is 12.1 Å². The molecule has 1 aromatic rings. The Balaban J connectivity index is 2.36. The highest BCUT2D eigenvalue weighted by molar-refractivity contribution is 7.99. The Morgan fingerprint density at radius 1 is 1.56 bits per heavy atom. The van der Waals surface area contributed by atoms with Crippen LogP contribution in [0.4, 0.5) is 11.4 Å². The van der Waals surface area contributed by atoms with Gasteiger partial charge in [0.1, 0.15) is 12.0 Å². The van der Waals surface area contributed by atoms with Gasteiger partial charge in [-0.25, -0.2) is 0 Å². The molecule has 0 radical (unpaired) electrons. The van der Waals surface area contributed by atoms with Crippen LogP contribution in [0, 0.1) is 10.1 Å². The number of nitro benzene ring substituents is 1. The van der Waals surface area contributed by atoms with Crippen LogP contribution in [0.25, 0.3) is 0 Å². The van der Waals surface area contributed by atoms with Gasteiger partial charge in [-0.3, -0.25) is 14.9 Å². The molecule has 1 aromatic carbocycles. The molecule has 0 amide bonds. The van der Waals surface area contributed by atoms with Crippen LogP contribution >= 0.6 is 11.8 Å². The molecule has 1 saturated heterocycles. The second-order valence-electron chi connectivity index (χ2n) is 4.25. The Hall–Kier alpha value is -1.56.